The van der Waals surface area contributed by atoms with Crippen LogP contribution in [0.3, 0.4) is 0 Å². The Morgan fingerprint density at radius 3 is 2.87 bits per heavy atom. The molecule has 154 valence electrons. The molecular formula is C22H19ClN2O4S. The number of nitrogens with zero attached hydrogens (tertiary/aromatic N) is 2. The topological polar surface area (TPSA) is 92.3 Å². The van der Waals surface area contributed by atoms with Crippen LogP contribution in [-0.4, -0.2) is 28.2 Å². The first-order chi connectivity index (χ1) is 14.3. The molecule has 1 saturated heterocycles. The number of rotatable bonds is 4. The van der Waals surface area contributed by atoms with Crippen LogP contribution in [0.25, 0.3) is 10.1 Å². The summed E-state index contributed by atoms with van der Waals surface area (Å²) >= 11 is 7.72. The molecule has 6 nitrogen and oxygen atoms in total. The Morgan fingerprint density at radius 2 is 2.20 bits per heavy atom. The molecule has 1 aromatic carbocycles. The number of thiophene rings is 1. The second-order valence-electron chi connectivity index (χ2n) is 7.44. The number of carbonyl (C=O) groups excluding carboxylic acids is 1. The highest BCUT2D eigenvalue weighted by Crippen LogP contribution is 2.39. The van der Waals surface area contributed by atoms with E-state index in [1.165, 1.54) is 18.3 Å². The minimum absolute atomic E-state index is 0.0747. The number of fused-ring (bicyclic) bond motifs is 1. The summed E-state index contributed by atoms with van der Waals surface area (Å²) in [4.78, 5) is 26.5. The number of hydrogen-bond acceptors (Lipinski definition) is 6. The minimum Gasteiger partial charge on any atom is -0.494 e. The molecule has 2 aromatic heterocycles. The van der Waals surface area contributed by atoms with Crippen LogP contribution < -0.4 is 5.56 Å². The van der Waals surface area contributed by atoms with Gasteiger partial charge in [0.05, 0.1) is 28.1 Å². The number of aryl methyl sites for hydroxylation is 1. The van der Waals surface area contributed by atoms with Gasteiger partial charge in [0.2, 0.25) is 11.7 Å². The summed E-state index contributed by atoms with van der Waals surface area (Å²) in [6.07, 6.45) is 1.35. The molecule has 30 heavy (non-hydrogen) atoms. The van der Waals surface area contributed by atoms with Crippen molar-refractivity contribution in [2.24, 2.45) is 0 Å². The van der Waals surface area contributed by atoms with Crippen molar-refractivity contribution in [1.29, 1.82) is 5.26 Å². The number of aromatic nitrogens is 1. The molecule has 3 heterocycles. The Hall–Kier alpha value is -2.66. The van der Waals surface area contributed by atoms with Crippen molar-refractivity contribution in [2.75, 3.05) is 6.61 Å². The molecule has 1 atom stereocenters. The van der Waals surface area contributed by atoms with Crippen molar-refractivity contribution in [3.05, 3.63) is 60.7 Å². The molecule has 1 unspecified atom stereocenters. The SMILES string of the molecule is Cc1ccc2c(Cl)c(C(=O)c3c(C)c(C#N)c(=O)n(CC4CCCO4)c3O)sc2c1. The second kappa shape index (κ2) is 7.88. The van der Waals surface area contributed by atoms with Gasteiger partial charge >= 0.3 is 0 Å². The lowest BCUT2D eigenvalue weighted by Crippen LogP contribution is -2.30. The van der Waals surface area contributed by atoms with Crippen LogP contribution in [-0.2, 0) is 11.3 Å². The normalized spacial score (nSPS) is 16.1. The Kier molecular flexibility index (Phi) is 5.41. The minimum atomic E-state index is -0.627. The first-order valence-electron chi connectivity index (χ1n) is 9.55. The fourth-order valence-corrected chi connectivity index (χ4v) is 5.38. The average Bonchev–Trinajstić information content (AvgIpc) is 3.33. The van der Waals surface area contributed by atoms with E-state index in [2.05, 4.69) is 0 Å². The van der Waals surface area contributed by atoms with E-state index < -0.39 is 17.2 Å². The average molecular weight is 443 g/mol. The quantitative estimate of drug-likeness (QED) is 0.607. The van der Waals surface area contributed by atoms with Crippen molar-refractivity contribution in [2.45, 2.75) is 39.3 Å². The molecule has 0 radical (unpaired) electrons. The molecule has 0 spiro atoms. The lowest BCUT2D eigenvalue weighted by atomic mass is 10.0. The van der Waals surface area contributed by atoms with Crippen LogP contribution in [0.5, 0.6) is 5.88 Å². The first-order valence-corrected chi connectivity index (χ1v) is 10.7. The zero-order chi connectivity index (χ0) is 21.6. The third kappa shape index (κ3) is 3.31. The van der Waals surface area contributed by atoms with Gasteiger partial charge < -0.3 is 9.84 Å². The molecule has 8 heteroatoms. The van der Waals surface area contributed by atoms with E-state index in [9.17, 15) is 20.0 Å². The molecule has 1 N–H and O–H groups in total. The summed E-state index contributed by atoms with van der Waals surface area (Å²) in [6, 6.07) is 7.59. The highest BCUT2D eigenvalue weighted by molar-refractivity contribution is 7.21. The summed E-state index contributed by atoms with van der Waals surface area (Å²) in [6.45, 7) is 4.11. The van der Waals surface area contributed by atoms with Crippen LogP contribution in [0.15, 0.2) is 23.0 Å². The monoisotopic (exact) mass is 442 g/mol. The molecule has 0 aliphatic carbocycles. The van der Waals surface area contributed by atoms with Gasteiger partial charge in [0.15, 0.2) is 0 Å². The summed E-state index contributed by atoms with van der Waals surface area (Å²) in [7, 11) is 0. The second-order valence-corrected chi connectivity index (χ2v) is 8.87. The van der Waals surface area contributed by atoms with E-state index in [1.54, 1.807) is 0 Å². The predicted molar refractivity (Wildman–Crippen MR) is 116 cm³/mol. The third-order valence-electron chi connectivity index (χ3n) is 5.43. The van der Waals surface area contributed by atoms with Crippen LogP contribution in [0.4, 0.5) is 0 Å². The van der Waals surface area contributed by atoms with E-state index in [4.69, 9.17) is 16.3 Å². The number of nitriles is 1. The van der Waals surface area contributed by atoms with Gasteiger partial charge in [0, 0.05) is 16.7 Å². The highest BCUT2D eigenvalue weighted by Gasteiger charge is 2.29. The van der Waals surface area contributed by atoms with Crippen molar-refractivity contribution in [3.63, 3.8) is 0 Å². The van der Waals surface area contributed by atoms with Crippen molar-refractivity contribution < 1.29 is 14.6 Å². The fourth-order valence-electron chi connectivity index (χ4n) is 3.82. The number of aromatic hydroxyl groups is 1. The molecule has 3 aromatic rings. The van der Waals surface area contributed by atoms with Crippen LogP contribution >= 0.6 is 22.9 Å². The molecule has 0 saturated carbocycles. The van der Waals surface area contributed by atoms with Gasteiger partial charge in [-0.25, -0.2) is 0 Å². The third-order valence-corrected chi connectivity index (χ3v) is 7.08. The highest BCUT2D eigenvalue weighted by atomic mass is 35.5. The van der Waals surface area contributed by atoms with Gasteiger partial charge in [-0.1, -0.05) is 23.7 Å². The maximum Gasteiger partial charge on any atom is 0.271 e. The van der Waals surface area contributed by atoms with Gasteiger partial charge in [-0.05, 0) is 43.9 Å². The van der Waals surface area contributed by atoms with Crippen molar-refractivity contribution >= 4 is 38.8 Å². The lowest BCUT2D eigenvalue weighted by Gasteiger charge is -2.17. The zero-order valence-corrected chi connectivity index (χ0v) is 18.1. The van der Waals surface area contributed by atoms with E-state index in [0.29, 0.717) is 11.6 Å². The van der Waals surface area contributed by atoms with E-state index in [1.807, 2.05) is 31.2 Å². The molecule has 4 rings (SSSR count). The number of halogens is 1. The van der Waals surface area contributed by atoms with Crippen LogP contribution in [0.1, 0.15) is 44.8 Å². The fraction of sp³-hybridized carbons (Fsp3) is 0.318. The van der Waals surface area contributed by atoms with Crippen molar-refractivity contribution in [3.8, 4) is 11.9 Å². The van der Waals surface area contributed by atoms with Gasteiger partial charge in [-0.15, -0.1) is 11.3 Å². The Morgan fingerprint density at radius 1 is 1.43 bits per heavy atom. The Bertz CT molecular complexity index is 1280. The van der Waals surface area contributed by atoms with E-state index >= 15 is 0 Å². The maximum atomic E-state index is 13.4. The molecule has 0 amide bonds. The first kappa shape index (κ1) is 20.6. The van der Waals surface area contributed by atoms with E-state index in [-0.39, 0.29) is 34.2 Å². The number of ether oxygens (including phenoxy) is 1. The number of benzene rings is 1. The number of pyridine rings is 1. The maximum absolute atomic E-state index is 13.4. The molecular weight excluding hydrogens is 424 g/mol. The van der Waals surface area contributed by atoms with Gasteiger partial charge in [0.25, 0.3) is 5.56 Å². The molecule has 0 bridgehead atoms. The largest absolute Gasteiger partial charge is 0.494 e. The summed E-state index contributed by atoms with van der Waals surface area (Å²) < 4.78 is 7.49. The van der Waals surface area contributed by atoms with Gasteiger partial charge in [-0.2, -0.15) is 5.26 Å². The lowest BCUT2D eigenvalue weighted by molar-refractivity contribution is 0.0929. The standard InChI is InChI=1S/C22H19ClN2O4S/c1-11-5-6-14-16(8-11)30-20(18(14)23)19(26)17-12(2)15(9-24)21(27)25(22(17)28)10-13-4-3-7-29-13/h5-6,8,13,28H,3-4,7,10H2,1-2H3. The summed E-state index contributed by atoms with van der Waals surface area (Å²) in [5, 5.41) is 21.5. The van der Waals surface area contributed by atoms with Gasteiger partial charge in [0.1, 0.15) is 11.6 Å². The summed E-state index contributed by atoms with van der Waals surface area (Å²) in [5.74, 6) is -0.965. The van der Waals surface area contributed by atoms with Crippen molar-refractivity contribution in [1.82, 2.24) is 4.57 Å². The number of carbonyl (C=O) groups is 1. The Labute approximate surface area is 181 Å². The van der Waals surface area contributed by atoms with Crippen LogP contribution in [0.2, 0.25) is 5.02 Å². The zero-order valence-electron chi connectivity index (χ0n) is 16.5. The number of ketones is 1. The van der Waals surface area contributed by atoms with Gasteiger partial charge in [-0.3, -0.25) is 14.2 Å². The summed E-state index contributed by atoms with van der Waals surface area (Å²) in [5.41, 5.74) is 0.322. The molecule has 1 aliphatic heterocycles. The number of hydrogen-bond donors (Lipinski definition) is 1. The molecule has 1 aliphatic rings. The predicted octanol–water partition coefficient (Wildman–Crippen LogP) is 4.32. The molecule has 1 fully saturated rings. The Balaban J connectivity index is 1.89. The van der Waals surface area contributed by atoms with E-state index in [0.717, 1.165) is 33.1 Å². The van der Waals surface area contributed by atoms with Crippen LogP contribution in [0, 0.1) is 25.2 Å². The smallest absolute Gasteiger partial charge is 0.271 e.